The Labute approximate surface area is 88.8 Å². The summed E-state index contributed by atoms with van der Waals surface area (Å²) in [6.07, 6.45) is 1.84. The third kappa shape index (κ3) is 2.78. The van der Waals surface area contributed by atoms with E-state index in [1.807, 2.05) is 13.8 Å². The number of aromatic nitrogens is 2. The molecular formula is C10H16N2O3. The Morgan fingerprint density at radius 3 is 2.60 bits per heavy atom. The number of carbonyl (C=O) groups excluding carboxylic acids is 1. The molecule has 5 heteroatoms. The highest BCUT2D eigenvalue weighted by Crippen LogP contribution is 2.20. The van der Waals surface area contributed by atoms with Crippen molar-refractivity contribution in [2.45, 2.75) is 39.5 Å². The molecule has 1 rings (SSSR count). The van der Waals surface area contributed by atoms with E-state index in [9.17, 15) is 4.79 Å². The van der Waals surface area contributed by atoms with Crippen LogP contribution in [0.2, 0.25) is 0 Å². The summed E-state index contributed by atoms with van der Waals surface area (Å²) in [4.78, 5) is 15.3. The molecular weight excluding hydrogens is 196 g/mol. The van der Waals surface area contributed by atoms with Crippen molar-refractivity contribution in [2.24, 2.45) is 0 Å². The molecule has 5 nitrogen and oxygen atoms in total. The van der Waals surface area contributed by atoms with Gasteiger partial charge < -0.3 is 9.26 Å². The minimum atomic E-state index is -0.529. The third-order valence-electron chi connectivity index (χ3n) is 2.23. The molecule has 84 valence electrons. The van der Waals surface area contributed by atoms with E-state index < -0.39 is 5.97 Å². The van der Waals surface area contributed by atoms with Crippen LogP contribution in [0.1, 0.15) is 56.0 Å². The lowest BCUT2D eigenvalue weighted by molar-refractivity contribution is 0.0508. The quantitative estimate of drug-likeness (QED) is 0.699. The molecule has 1 aromatic heterocycles. The first-order valence-electron chi connectivity index (χ1n) is 5.23. The van der Waals surface area contributed by atoms with Crippen molar-refractivity contribution in [3.05, 3.63) is 11.7 Å². The molecule has 15 heavy (non-hydrogen) atoms. The molecule has 0 aromatic carbocycles. The summed E-state index contributed by atoms with van der Waals surface area (Å²) in [5.74, 6) is 0.223. The normalized spacial score (nSPS) is 10.7. The molecule has 0 aliphatic heterocycles. The second-order valence-corrected chi connectivity index (χ2v) is 3.19. The summed E-state index contributed by atoms with van der Waals surface area (Å²) in [5, 5.41) is 3.59. The molecule has 0 saturated carbocycles. The van der Waals surface area contributed by atoms with Crippen LogP contribution in [0.3, 0.4) is 0 Å². The minimum Gasteiger partial charge on any atom is -0.460 e. The van der Waals surface area contributed by atoms with Crippen LogP contribution >= 0.6 is 0 Å². The third-order valence-corrected chi connectivity index (χ3v) is 2.23. The summed E-state index contributed by atoms with van der Waals surface area (Å²) in [6.45, 7) is 6.14. The van der Waals surface area contributed by atoms with Crippen LogP contribution in [0.4, 0.5) is 0 Å². The molecule has 0 spiro atoms. The van der Waals surface area contributed by atoms with Crippen LogP contribution in [-0.4, -0.2) is 22.7 Å². The highest BCUT2D eigenvalue weighted by molar-refractivity contribution is 5.84. The van der Waals surface area contributed by atoms with Gasteiger partial charge in [-0.05, 0) is 24.9 Å². The van der Waals surface area contributed by atoms with Gasteiger partial charge in [0.2, 0.25) is 5.89 Å². The first-order valence-corrected chi connectivity index (χ1v) is 5.23. The number of nitrogens with zero attached hydrogens (tertiary/aromatic N) is 2. The molecule has 0 atom stereocenters. The minimum absolute atomic E-state index is 0.0127. The van der Waals surface area contributed by atoms with Crippen molar-refractivity contribution in [1.82, 2.24) is 10.1 Å². The standard InChI is InChI=1S/C10H16N2O3/c1-4-7(5-2)9-11-8(12-15-9)10(13)14-6-3/h7H,4-6H2,1-3H3. The van der Waals surface area contributed by atoms with Gasteiger partial charge in [-0.15, -0.1) is 0 Å². The van der Waals surface area contributed by atoms with E-state index in [2.05, 4.69) is 10.1 Å². The maximum Gasteiger partial charge on any atom is 0.379 e. The average molecular weight is 212 g/mol. The van der Waals surface area contributed by atoms with E-state index in [1.54, 1.807) is 6.92 Å². The average Bonchev–Trinajstić information content (AvgIpc) is 2.69. The van der Waals surface area contributed by atoms with Gasteiger partial charge >= 0.3 is 5.97 Å². The van der Waals surface area contributed by atoms with E-state index >= 15 is 0 Å². The number of hydrogen-bond acceptors (Lipinski definition) is 5. The second-order valence-electron chi connectivity index (χ2n) is 3.19. The molecule has 0 saturated heterocycles. The van der Waals surface area contributed by atoms with Crippen molar-refractivity contribution in [1.29, 1.82) is 0 Å². The number of ether oxygens (including phenoxy) is 1. The SMILES string of the molecule is CCOC(=O)c1noc(C(CC)CC)n1. The fraction of sp³-hybridized carbons (Fsp3) is 0.700. The number of esters is 1. The van der Waals surface area contributed by atoms with E-state index in [1.165, 1.54) is 0 Å². The first-order chi connectivity index (χ1) is 7.22. The van der Waals surface area contributed by atoms with E-state index in [4.69, 9.17) is 9.26 Å². The molecule has 0 aliphatic carbocycles. The Hall–Kier alpha value is -1.39. The second kappa shape index (κ2) is 5.48. The van der Waals surface area contributed by atoms with Gasteiger partial charge in [0.15, 0.2) is 0 Å². The van der Waals surface area contributed by atoms with Crippen LogP contribution in [-0.2, 0) is 4.74 Å². The zero-order chi connectivity index (χ0) is 11.3. The van der Waals surface area contributed by atoms with E-state index in [0.717, 1.165) is 12.8 Å². The predicted molar refractivity (Wildman–Crippen MR) is 53.6 cm³/mol. The molecule has 1 heterocycles. The Morgan fingerprint density at radius 2 is 2.07 bits per heavy atom. The van der Waals surface area contributed by atoms with Gasteiger partial charge in [0.25, 0.3) is 5.82 Å². The molecule has 0 unspecified atom stereocenters. The molecule has 0 aliphatic rings. The summed E-state index contributed by atoms with van der Waals surface area (Å²) >= 11 is 0. The van der Waals surface area contributed by atoms with Crippen molar-refractivity contribution in [3.8, 4) is 0 Å². The maximum atomic E-state index is 11.3. The monoisotopic (exact) mass is 212 g/mol. The summed E-state index contributed by atoms with van der Waals surface area (Å²) in [7, 11) is 0. The lowest BCUT2D eigenvalue weighted by Crippen LogP contribution is -2.07. The topological polar surface area (TPSA) is 65.2 Å². The fourth-order valence-corrected chi connectivity index (χ4v) is 1.32. The van der Waals surface area contributed by atoms with Gasteiger partial charge in [0.1, 0.15) is 0 Å². The van der Waals surface area contributed by atoms with Crippen molar-refractivity contribution in [3.63, 3.8) is 0 Å². The Bertz CT molecular complexity index is 318. The number of hydrogen-bond donors (Lipinski definition) is 0. The molecule has 0 radical (unpaired) electrons. The first kappa shape index (κ1) is 11.7. The zero-order valence-electron chi connectivity index (χ0n) is 9.32. The number of rotatable bonds is 5. The van der Waals surface area contributed by atoms with Crippen molar-refractivity contribution < 1.29 is 14.1 Å². The van der Waals surface area contributed by atoms with Crippen LogP contribution in [0.25, 0.3) is 0 Å². The molecule has 0 N–H and O–H groups in total. The van der Waals surface area contributed by atoms with Gasteiger partial charge in [-0.2, -0.15) is 4.98 Å². The number of carbonyl (C=O) groups is 1. The van der Waals surface area contributed by atoms with Crippen LogP contribution in [0.5, 0.6) is 0 Å². The van der Waals surface area contributed by atoms with Crippen molar-refractivity contribution >= 4 is 5.97 Å². The lowest BCUT2D eigenvalue weighted by atomic mass is 10.0. The van der Waals surface area contributed by atoms with Gasteiger partial charge in [0.05, 0.1) is 6.61 Å². The Kier molecular flexibility index (Phi) is 4.27. The Morgan fingerprint density at radius 1 is 1.40 bits per heavy atom. The van der Waals surface area contributed by atoms with Crippen LogP contribution in [0.15, 0.2) is 4.52 Å². The van der Waals surface area contributed by atoms with Gasteiger partial charge in [-0.1, -0.05) is 13.8 Å². The van der Waals surface area contributed by atoms with E-state index in [-0.39, 0.29) is 11.7 Å². The Balaban J connectivity index is 2.75. The van der Waals surface area contributed by atoms with E-state index in [0.29, 0.717) is 12.5 Å². The van der Waals surface area contributed by atoms with Crippen LogP contribution in [0, 0.1) is 0 Å². The highest BCUT2D eigenvalue weighted by Gasteiger charge is 2.19. The van der Waals surface area contributed by atoms with Gasteiger partial charge in [-0.3, -0.25) is 0 Å². The highest BCUT2D eigenvalue weighted by atomic mass is 16.5. The van der Waals surface area contributed by atoms with Gasteiger partial charge in [0, 0.05) is 5.92 Å². The van der Waals surface area contributed by atoms with Crippen molar-refractivity contribution in [2.75, 3.05) is 6.61 Å². The lowest BCUT2D eigenvalue weighted by Gasteiger charge is -2.04. The zero-order valence-corrected chi connectivity index (χ0v) is 9.32. The van der Waals surface area contributed by atoms with Gasteiger partial charge in [-0.25, -0.2) is 4.79 Å². The molecule has 0 bridgehead atoms. The molecule has 1 aromatic rings. The molecule has 0 fully saturated rings. The molecule has 0 amide bonds. The summed E-state index contributed by atoms with van der Waals surface area (Å²) in [5.41, 5.74) is 0. The van der Waals surface area contributed by atoms with Crippen LogP contribution < -0.4 is 0 Å². The fourth-order valence-electron chi connectivity index (χ4n) is 1.32. The maximum absolute atomic E-state index is 11.3. The largest absolute Gasteiger partial charge is 0.460 e. The summed E-state index contributed by atoms with van der Waals surface area (Å²) in [6, 6.07) is 0. The summed E-state index contributed by atoms with van der Waals surface area (Å²) < 4.78 is 9.78. The smallest absolute Gasteiger partial charge is 0.379 e. The predicted octanol–water partition coefficient (Wildman–Crippen LogP) is 2.15.